The van der Waals surface area contributed by atoms with Crippen LogP contribution in [0.15, 0.2) is 33.0 Å². The van der Waals surface area contributed by atoms with Gasteiger partial charge in [0.2, 0.25) is 5.88 Å². The molecule has 6 nitrogen and oxygen atoms in total. The van der Waals surface area contributed by atoms with E-state index in [2.05, 4.69) is 10.5 Å². The Bertz CT molecular complexity index is 667. The number of thiophene rings is 1. The molecule has 0 fully saturated rings. The van der Waals surface area contributed by atoms with Crippen LogP contribution < -0.4 is 11.1 Å². The predicted molar refractivity (Wildman–Crippen MR) is 76.4 cm³/mol. The lowest BCUT2D eigenvalue weighted by atomic mass is 10.1. The summed E-state index contributed by atoms with van der Waals surface area (Å²) in [6, 6.07) is 1.79. The van der Waals surface area contributed by atoms with Crippen LogP contribution in [0.5, 0.6) is 0 Å². The lowest BCUT2D eigenvalue weighted by Gasteiger charge is -2.00. The summed E-state index contributed by atoms with van der Waals surface area (Å²) in [4.78, 5) is 23.2. The van der Waals surface area contributed by atoms with Gasteiger partial charge >= 0.3 is 0 Å². The van der Waals surface area contributed by atoms with Gasteiger partial charge in [-0.25, -0.2) is 0 Å². The van der Waals surface area contributed by atoms with Crippen molar-refractivity contribution in [1.29, 1.82) is 0 Å². The lowest BCUT2D eigenvalue weighted by molar-refractivity contribution is -0.112. The minimum Gasteiger partial charge on any atom is -0.365 e. The van der Waals surface area contributed by atoms with Crippen molar-refractivity contribution in [2.75, 3.05) is 5.32 Å². The molecule has 0 aliphatic heterocycles. The number of anilines is 1. The van der Waals surface area contributed by atoms with Crippen molar-refractivity contribution in [3.8, 4) is 11.3 Å². The number of aromatic nitrogens is 1. The van der Waals surface area contributed by atoms with E-state index in [1.165, 1.54) is 17.4 Å². The Balaban J connectivity index is 2.38. The van der Waals surface area contributed by atoms with Crippen LogP contribution in [-0.2, 0) is 4.79 Å². The van der Waals surface area contributed by atoms with E-state index in [0.717, 1.165) is 11.1 Å². The zero-order chi connectivity index (χ0) is 14.7. The molecule has 20 heavy (non-hydrogen) atoms. The van der Waals surface area contributed by atoms with E-state index in [1.807, 2.05) is 10.8 Å². The third kappa shape index (κ3) is 2.94. The maximum absolute atomic E-state index is 11.7. The third-order valence-corrected chi connectivity index (χ3v) is 3.07. The molecule has 0 atom stereocenters. The maximum atomic E-state index is 11.7. The highest BCUT2D eigenvalue weighted by molar-refractivity contribution is 7.08. The van der Waals surface area contributed by atoms with Crippen LogP contribution in [0, 0.1) is 0 Å². The summed E-state index contributed by atoms with van der Waals surface area (Å²) in [6.45, 7) is 3.57. The fourth-order valence-corrected chi connectivity index (χ4v) is 2.25. The number of hydrogen-bond acceptors (Lipinski definition) is 5. The molecule has 2 aromatic heterocycles. The van der Waals surface area contributed by atoms with Crippen molar-refractivity contribution >= 4 is 29.0 Å². The summed E-state index contributed by atoms with van der Waals surface area (Å²) < 4.78 is 5.03. The fraction of sp³-hybridized carbons (Fsp3) is 0.154. The monoisotopic (exact) mass is 291 g/mol. The van der Waals surface area contributed by atoms with Crippen LogP contribution in [0.4, 0.5) is 5.88 Å². The molecule has 2 heterocycles. The van der Waals surface area contributed by atoms with Crippen LogP contribution in [0.3, 0.4) is 0 Å². The molecule has 0 spiro atoms. The number of carbonyl (C=O) groups excluding carboxylic acids is 2. The Morgan fingerprint density at radius 3 is 2.75 bits per heavy atom. The summed E-state index contributed by atoms with van der Waals surface area (Å²) in [5.74, 6) is -1.15. The Morgan fingerprint density at radius 2 is 2.20 bits per heavy atom. The molecule has 0 aliphatic rings. The van der Waals surface area contributed by atoms with Crippen molar-refractivity contribution in [2.24, 2.45) is 5.73 Å². The number of rotatable bonds is 4. The second kappa shape index (κ2) is 5.70. The van der Waals surface area contributed by atoms with Gasteiger partial charge in [0.15, 0.2) is 0 Å². The van der Waals surface area contributed by atoms with Crippen molar-refractivity contribution < 1.29 is 14.1 Å². The zero-order valence-electron chi connectivity index (χ0n) is 11.0. The number of hydrogen-bond donors (Lipinski definition) is 2. The molecule has 0 aliphatic carbocycles. The molecule has 2 amide bonds. The molecule has 2 aromatic rings. The molecule has 0 saturated carbocycles. The highest BCUT2D eigenvalue weighted by Gasteiger charge is 2.23. The van der Waals surface area contributed by atoms with E-state index in [1.54, 1.807) is 19.9 Å². The van der Waals surface area contributed by atoms with Gasteiger partial charge in [0.25, 0.3) is 11.8 Å². The topological polar surface area (TPSA) is 98.2 Å². The number of nitrogens with two attached hydrogens (primary N) is 1. The van der Waals surface area contributed by atoms with Gasteiger partial charge in [0.05, 0.1) is 0 Å². The number of carbonyl (C=O) groups is 2. The summed E-state index contributed by atoms with van der Waals surface area (Å²) in [7, 11) is 0. The molecule has 2 rings (SSSR count). The van der Waals surface area contributed by atoms with E-state index in [4.69, 9.17) is 10.3 Å². The molecular weight excluding hydrogens is 278 g/mol. The van der Waals surface area contributed by atoms with E-state index >= 15 is 0 Å². The maximum Gasteiger partial charge on any atom is 0.256 e. The first-order chi connectivity index (χ1) is 9.49. The van der Waals surface area contributed by atoms with Crippen molar-refractivity contribution in [3.05, 3.63) is 34.0 Å². The Hall–Kier alpha value is -2.41. The SMILES string of the molecule is CC(C)=CC(=O)Nc1onc(-c2ccsc2)c1C(N)=O. The van der Waals surface area contributed by atoms with Crippen LogP contribution in [-0.4, -0.2) is 17.0 Å². The molecule has 0 unspecified atom stereocenters. The number of nitrogens with one attached hydrogen (secondary N) is 1. The van der Waals surface area contributed by atoms with Crippen molar-refractivity contribution in [2.45, 2.75) is 13.8 Å². The minimum atomic E-state index is -0.708. The Morgan fingerprint density at radius 1 is 1.45 bits per heavy atom. The second-order valence-corrected chi connectivity index (χ2v) is 5.10. The number of nitrogens with zero attached hydrogens (tertiary/aromatic N) is 1. The van der Waals surface area contributed by atoms with Gasteiger partial charge in [0, 0.05) is 17.0 Å². The van der Waals surface area contributed by atoms with E-state index < -0.39 is 11.8 Å². The van der Waals surface area contributed by atoms with Gasteiger partial charge < -0.3 is 10.3 Å². The van der Waals surface area contributed by atoms with Crippen LogP contribution >= 0.6 is 11.3 Å². The normalized spacial score (nSPS) is 10.1. The first kappa shape index (κ1) is 14.0. The first-order valence-corrected chi connectivity index (χ1v) is 6.71. The smallest absolute Gasteiger partial charge is 0.256 e. The highest BCUT2D eigenvalue weighted by atomic mass is 32.1. The molecule has 3 N–H and O–H groups in total. The van der Waals surface area contributed by atoms with Crippen molar-refractivity contribution in [1.82, 2.24) is 5.16 Å². The molecular formula is C13H13N3O3S. The van der Waals surface area contributed by atoms with Gasteiger partial charge in [-0.05, 0) is 25.3 Å². The van der Waals surface area contributed by atoms with Gasteiger partial charge in [-0.2, -0.15) is 11.3 Å². The molecule has 0 saturated heterocycles. The highest BCUT2D eigenvalue weighted by Crippen LogP contribution is 2.29. The second-order valence-electron chi connectivity index (χ2n) is 4.32. The molecule has 0 radical (unpaired) electrons. The van der Waals surface area contributed by atoms with Gasteiger partial charge in [0.1, 0.15) is 11.3 Å². The average Bonchev–Trinajstić information content (AvgIpc) is 2.94. The lowest BCUT2D eigenvalue weighted by Crippen LogP contribution is -2.16. The molecule has 7 heteroatoms. The molecule has 104 valence electrons. The number of amides is 2. The zero-order valence-corrected chi connectivity index (χ0v) is 11.8. The Labute approximate surface area is 119 Å². The van der Waals surface area contributed by atoms with Crippen molar-refractivity contribution in [3.63, 3.8) is 0 Å². The van der Waals surface area contributed by atoms with E-state index in [9.17, 15) is 9.59 Å². The number of primary amides is 1. The summed E-state index contributed by atoms with van der Waals surface area (Å²) >= 11 is 1.46. The van der Waals surface area contributed by atoms with Crippen LogP contribution in [0.2, 0.25) is 0 Å². The fourth-order valence-electron chi connectivity index (χ4n) is 1.61. The quantitative estimate of drug-likeness (QED) is 0.845. The third-order valence-electron chi connectivity index (χ3n) is 2.39. The molecule has 0 bridgehead atoms. The van der Waals surface area contributed by atoms with Gasteiger partial charge in [-0.3, -0.25) is 14.9 Å². The summed E-state index contributed by atoms with van der Waals surface area (Å²) in [5, 5.41) is 9.93. The predicted octanol–water partition coefficient (Wildman–Crippen LogP) is 2.41. The molecule has 0 aromatic carbocycles. The summed E-state index contributed by atoms with van der Waals surface area (Å²) in [5.41, 5.74) is 7.27. The van der Waals surface area contributed by atoms with E-state index in [-0.39, 0.29) is 11.4 Å². The van der Waals surface area contributed by atoms with Gasteiger partial charge in [-0.15, -0.1) is 0 Å². The Kier molecular flexibility index (Phi) is 3.99. The largest absolute Gasteiger partial charge is 0.365 e. The average molecular weight is 291 g/mol. The minimum absolute atomic E-state index is 0.0406. The van der Waals surface area contributed by atoms with Crippen LogP contribution in [0.25, 0.3) is 11.3 Å². The number of allylic oxidation sites excluding steroid dienone is 1. The first-order valence-electron chi connectivity index (χ1n) is 5.77. The summed E-state index contributed by atoms with van der Waals surface area (Å²) in [6.07, 6.45) is 1.39. The standard InChI is InChI=1S/C13H13N3O3S/c1-7(2)5-9(17)15-13-10(12(14)18)11(16-19-13)8-3-4-20-6-8/h3-6H,1-2H3,(H2,14,18)(H,15,17). The van der Waals surface area contributed by atoms with Gasteiger partial charge in [-0.1, -0.05) is 10.7 Å². The van der Waals surface area contributed by atoms with E-state index in [0.29, 0.717) is 5.69 Å². The van der Waals surface area contributed by atoms with Crippen LogP contribution in [0.1, 0.15) is 24.2 Å².